The van der Waals surface area contributed by atoms with Crippen LogP contribution in [0, 0.1) is 33.3 Å². The summed E-state index contributed by atoms with van der Waals surface area (Å²) in [6, 6.07) is 0. The van der Waals surface area contributed by atoms with E-state index in [-0.39, 0.29) is 0 Å². The summed E-state index contributed by atoms with van der Waals surface area (Å²) in [4.78, 5) is 0. The van der Waals surface area contributed by atoms with Crippen LogP contribution in [0.4, 0.5) is 0 Å². The van der Waals surface area contributed by atoms with Crippen LogP contribution in [0.3, 0.4) is 0 Å². The minimum atomic E-state index is 0.518. The van der Waals surface area contributed by atoms with Crippen molar-refractivity contribution in [3.63, 3.8) is 0 Å². The number of hydrogen-bond acceptors (Lipinski definition) is 0. The second-order valence-corrected chi connectivity index (χ2v) is 5.13. The predicted molar refractivity (Wildman–Crippen MR) is 46.3 cm³/mol. The molecule has 86 valence electrons. The summed E-state index contributed by atoms with van der Waals surface area (Å²) in [7, 11) is 0. The molecule has 0 spiro atoms. The number of hydrogen-bond donors (Lipinski definition) is 0. The van der Waals surface area contributed by atoms with Gasteiger partial charge in [0.15, 0.2) is 0 Å². The van der Waals surface area contributed by atoms with Gasteiger partial charge in [0.25, 0.3) is 0 Å². The molecule has 0 fully saturated rings. The molecule has 0 aromatic carbocycles. The summed E-state index contributed by atoms with van der Waals surface area (Å²) in [6.45, 7) is 29.2. The van der Waals surface area contributed by atoms with Crippen molar-refractivity contribution in [3.05, 3.63) is 33.3 Å². The summed E-state index contributed by atoms with van der Waals surface area (Å²) in [5, 5.41) is 0.518. The Hall–Kier alpha value is -0.312. The Morgan fingerprint density at radius 1 is 0.688 bits per heavy atom. The Balaban J connectivity index is -0.0000000214. The molecule has 0 unspecified atom stereocenters. The van der Waals surface area contributed by atoms with Crippen molar-refractivity contribution in [3.8, 4) is 0 Å². The van der Waals surface area contributed by atoms with Crippen molar-refractivity contribution < 1.29 is 42.1 Å². The summed E-state index contributed by atoms with van der Waals surface area (Å²) in [5.41, 5.74) is 0. The topological polar surface area (TPSA) is 99.5 Å². The van der Waals surface area contributed by atoms with Gasteiger partial charge in [-0.2, -0.15) is 0 Å². The molecule has 5 nitrogen and oxygen atoms in total. The van der Waals surface area contributed by atoms with Crippen molar-refractivity contribution in [2.45, 2.75) is 25.9 Å². The second kappa shape index (κ2) is 61.5. The van der Waals surface area contributed by atoms with Crippen LogP contribution < -0.4 is 0 Å². The molecule has 0 amide bonds. The van der Waals surface area contributed by atoms with E-state index in [0.717, 1.165) is 0 Å². The fraction of sp³-hybridized carbons (Fsp3) is 0.444. The average Bonchev–Trinajstić information content (AvgIpc) is 2.40. The van der Waals surface area contributed by atoms with Gasteiger partial charge in [0.1, 0.15) is 0 Å². The molecule has 0 saturated carbocycles. The van der Waals surface area contributed by atoms with E-state index in [9.17, 15) is 0 Å². The Bertz CT molecular complexity index is 174. The Labute approximate surface area is 108 Å². The molecule has 0 aliphatic heterocycles. The molecule has 0 aliphatic rings. The van der Waals surface area contributed by atoms with Gasteiger partial charge in [-0.25, -0.2) is 0 Å². The van der Waals surface area contributed by atoms with Gasteiger partial charge < -0.3 is 0 Å². The van der Waals surface area contributed by atoms with Gasteiger partial charge in [-0.05, 0) is 0 Å². The summed E-state index contributed by atoms with van der Waals surface area (Å²) < 4.78 is 37.5. The van der Waals surface area contributed by atoms with Gasteiger partial charge in [0.2, 0.25) is 0 Å². The van der Waals surface area contributed by atoms with Crippen LogP contribution in [-0.4, -0.2) is 5.16 Å². The molecule has 7 heteroatoms. The SMILES string of the molecule is CC(C)(C)[P]=[Mo].[C-]#[O+].[C-]#[O+].[C-]#[O+].[C-]#[O+].[C-]#[O+]. The van der Waals surface area contributed by atoms with E-state index in [0.29, 0.717) is 5.16 Å². The molecule has 0 aromatic rings. The van der Waals surface area contributed by atoms with Crippen LogP contribution in [0.2, 0.25) is 0 Å². The average molecular weight is 324 g/mol. The van der Waals surface area contributed by atoms with Crippen molar-refractivity contribution in [1.82, 2.24) is 0 Å². The van der Waals surface area contributed by atoms with Gasteiger partial charge >= 0.3 is 107 Å². The third kappa shape index (κ3) is 305. The third-order valence-electron chi connectivity index (χ3n) is 0.274. The third-order valence-corrected chi connectivity index (χ3v) is 4.86. The maximum absolute atomic E-state index is 7.50. The van der Waals surface area contributed by atoms with Gasteiger partial charge in [-0.1, -0.05) is 0 Å². The molecule has 0 aromatic heterocycles. The zero-order chi connectivity index (χ0) is 15.2. The molecule has 0 heterocycles. The van der Waals surface area contributed by atoms with E-state index in [1.54, 1.807) is 0 Å². The quantitative estimate of drug-likeness (QED) is 0.282. The fourth-order valence-corrected chi connectivity index (χ4v) is 0. The Kier molecular flexibility index (Phi) is 139. The molecule has 0 rings (SSSR count). The van der Waals surface area contributed by atoms with Crippen LogP contribution in [0.5, 0.6) is 0 Å². The van der Waals surface area contributed by atoms with E-state index in [4.69, 9.17) is 23.3 Å². The first-order valence-corrected chi connectivity index (χ1v) is 6.43. The van der Waals surface area contributed by atoms with Gasteiger partial charge in [0, 0.05) is 0 Å². The monoisotopic (exact) mass is 326 g/mol. The van der Waals surface area contributed by atoms with Gasteiger partial charge in [-0.15, -0.1) is 0 Å². The van der Waals surface area contributed by atoms with Crippen molar-refractivity contribution in [2.24, 2.45) is 0 Å². The molecule has 0 N–H and O–H groups in total. The zero-order valence-corrected chi connectivity index (χ0v) is 11.8. The van der Waals surface area contributed by atoms with Crippen LogP contribution in [0.1, 0.15) is 20.8 Å². The molecular weight excluding hydrogens is 315 g/mol. The standard InChI is InChI=1S/C4H9P.5CO.Mo/c1-4(2,3)5;5*1-2;/h1-3H3;;;;;;. The predicted octanol–water partition coefficient (Wildman–Crippen LogP) is 2.01. The molecular formula is C9H9MoO5P. The van der Waals surface area contributed by atoms with Crippen molar-refractivity contribution >= 4 is 6.21 Å². The van der Waals surface area contributed by atoms with E-state index in [1.165, 1.54) is 6.21 Å². The molecule has 16 heavy (non-hydrogen) atoms. The van der Waals surface area contributed by atoms with E-state index >= 15 is 0 Å². The molecule has 0 aliphatic carbocycles. The number of rotatable bonds is 0. The first-order valence-electron chi connectivity index (χ1n) is 2.93. The van der Waals surface area contributed by atoms with Crippen LogP contribution in [-0.2, 0) is 42.1 Å². The first-order chi connectivity index (χ1) is 7.56. The summed E-state index contributed by atoms with van der Waals surface area (Å²) in [6.07, 6.45) is 1.48. The molecule has 0 bridgehead atoms. The summed E-state index contributed by atoms with van der Waals surface area (Å²) >= 11 is 2.12. The van der Waals surface area contributed by atoms with Crippen LogP contribution >= 0.6 is 6.21 Å². The fourth-order valence-electron chi connectivity index (χ4n) is 0. The van der Waals surface area contributed by atoms with E-state index < -0.39 is 0 Å². The zero-order valence-electron chi connectivity index (χ0n) is 8.90. The normalized spacial score (nSPS) is 5.31. The van der Waals surface area contributed by atoms with Crippen molar-refractivity contribution in [2.75, 3.05) is 0 Å². The van der Waals surface area contributed by atoms with Crippen LogP contribution in [0.15, 0.2) is 0 Å². The minimum absolute atomic E-state index is 0.518. The van der Waals surface area contributed by atoms with Crippen molar-refractivity contribution in [1.29, 1.82) is 0 Å². The molecule has 0 saturated heterocycles. The van der Waals surface area contributed by atoms with E-state index in [2.05, 4.69) is 72.8 Å². The van der Waals surface area contributed by atoms with Gasteiger partial charge in [0.05, 0.1) is 0 Å². The molecule has 0 radical (unpaired) electrons. The Morgan fingerprint density at radius 3 is 0.750 bits per heavy atom. The Morgan fingerprint density at radius 2 is 0.750 bits per heavy atom. The van der Waals surface area contributed by atoms with Gasteiger partial charge in [-0.3, -0.25) is 0 Å². The first kappa shape index (κ1) is 36.1. The second-order valence-electron chi connectivity index (χ2n) is 2.26. The maximum atomic E-state index is 7.50. The van der Waals surface area contributed by atoms with Crippen LogP contribution in [0.25, 0.3) is 0 Å². The molecule has 0 atom stereocenters. The van der Waals surface area contributed by atoms with E-state index in [1.807, 2.05) is 0 Å². The summed E-state index contributed by atoms with van der Waals surface area (Å²) in [5.74, 6) is 0.